The molecule has 1 fully saturated rings. The fourth-order valence-electron chi connectivity index (χ4n) is 3.37. The highest BCUT2D eigenvalue weighted by Crippen LogP contribution is 2.34. The molecular formula is C26H20N2O3S2. The van der Waals surface area contributed by atoms with Crippen molar-refractivity contribution in [1.29, 1.82) is 0 Å². The van der Waals surface area contributed by atoms with Gasteiger partial charge in [0.1, 0.15) is 10.9 Å². The number of carboxylic acid groups (broad SMARTS) is 1. The number of hydrogen-bond acceptors (Lipinski definition) is 5. The van der Waals surface area contributed by atoms with Crippen LogP contribution in [0.2, 0.25) is 0 Å². The Bertz CT molecular complexity index is 1180. The van der Waals surface area contributed by atoms with Gasteiger partial charge in [-0.2, -0.15) is 0 Å². The third-order valence-corrected chi connectivity index (χ3v) is 6.28. The summed E-state index contributed by atoms with van der Waals surface area (Å²) in [5.74, 6) is -1.48. The van der Waals surface area contributed by atoms with Gasteiger partial charge in [0.25, 0.3) is 5.91 Å². The van der Waals surface area contributed by atoms with E-state index in [1.807, 2.05) is 66.7 Å². The van der Waals surface area contributed by atoms with Crippen LogP contribution in [-0.4, -0.2) is 32.7 Å². The van der Waals surface area contributed by atoms with Gasteiger partial charge in [-0.3, -0.25) is 14.5 Å². The number of amides is 1. The third kappa shape index (κ3) is 5.39. The zero-order chi connectivity index (χ0) is 23.2. The first-order chi connectivity index (χ1) is 16.0. The zero-order valence-corrected chi connectivity index (χ0v) is 19.1. The van der Waals surface area contributed by atoms with Crippen molar-refractivity contribution in [2.75, 3.05) is 11.4 Å². The maximum atomic E-state index is 12.3. The van der Waals surface area contributed by atoms with E-state index in [0.717, 1.165) is 39.3 Å². The molecule has 4 rings (SSSR count). The summed E-state index contributed by atoms with van der Waals surface area (Å²) in [6, 6.07) is 28.4. The van der Waals surface area contributed by atoms with Crippen LogP contribution >= 0.6 is 24.0 Å². The smallest absolute Gasteiger partial charge is 0.323 e. The molecule has 1 aliphatic rings. The second-order valence-corrected chi connectivity index (χ2v) is 8.82. The molecule has 0 atom stereocenters. The van der Waals surface area contributed by atoms with Crippen LogP contribution in [-0.2, 0) is 9.59 Å². The second kappa shape index (κ2) is 10.3. The lowest BCUT2D eigenvalue weighted by molar-refractivity contribution is -0.140. The molecule has 1 amide bonds. The van der Waals surface area contributed by atoms with Gasteiger partial charge >= 0.3 is 5.97 Å². The first-order valence-electron chi connectivity index (χ1n) is 10.2. The number of thioether (sulfide) groups is 1. The van der Waals surface area contributed by atoms with Crippen molar-refractivity contribution in [2.24, 2.45) is 0 Å². The van der Waals surface area contributed by atoms with Crippen molar-refractivity contribution in [3.63, 3.8) is 0 Å². The Hall–Kier alpha value is -3.68. The van der Waals surface area contributed by atoms with Crippen LogP contribution in [0.25, 0.3) is 6.08 Å². The molecule has 5 nitrogen and oxygen atoms in total. The molecule has 1 N–H and O–H groups in total. The molecule has 164 valence electrons. The largest absolute Gasteiger partial charge is 0.480 e. The van der Waals surface area contributed by atoms with E-state index in [0.29, 0.717) is 4.91 Å². The molecule has 1 aliphatic heterocycles. The highest BCUT2D eigenvalue weighted by atomic mass is 32.2. The zero-order valence-electron chi connectivity index (χ0n) is 17.5. The Kier molecular flexibility index (Phi) is 7.02. The normalized spacial score (nSPS) is 14.9. The molecule has 0 radical (unpaired) electrons. The molecule has 3 aromatic rings. The maximum absolute atomic E-state index is 12.3. The fourth-order valence-corrected chi connectivity index (χ4v) is 4.57. The van der Waals surface area contributed by atoms with Gasteiger partial charge < -0.3 is 10.0 Å². The highest BCUT2D eigenvalue weighted by molar-refractivity contribution is 8.26. The van der Waals surface area contributed by atoms with Crippen molar-refractivity contribution in [3.05, 3.63) is 108 Å². The molecule has 1 saturated heterocycles. The van der Waals surface area contributed by atoms with Crippen molar-refractivity contribution in [1.82, 2.24) is 4.90 Å². The number of rotatable bonds is 7. The first kappa shape index (κ1) is 22.5. The number of para-hydroxylation sites is 2. The van der Waals surface area contributed by atoms with Gasteiger partial charge in [-0.25, -0.2) is 0 Å². The number of carboxylic acids is 1. The highest BCUT2D eigenvalue weighted by Gasteiger charge is 2.32. The van der Waals surface area contributed by atoms with E-state index in [4.69, 9.17) is 17.3 Å². The lowest BCUT2D eigenvalue weighted by atomic mass is 10.1. The predicted molar refractivity (Wildman–Crippen MR) is 138 cm³/mol. The van der Waals surface area contributed by atoms with Gasteiger partial charge in [0, 0.05) is 17.1 Å². The average molecular weight is 473 g/mol. The lowest BCUT2D eigenvalue weighted by Gasteiger charge is -2.25. The number of hydrogen-bond donors (Lipinski definition) is 1. The number of carbonyl (C=O) groups is 2. The molecule has 0 aromatic heterocycles. The number of allylic oxidation sites excluding steroid dienone is 2. The minimum atomic E-state index is -1.09. The van der Waals surface area contributed by atoms with Crippen molar-refractivity contribution < 1.29 is 14.7 Å². The standard InChI is InChI=1S/C26H20N2O3S2/c29-24(30)18-27-25(31)23(33-26(27)32)13-7-8-19-14-16-22(17-15-19)28(20-9-3-1-4-10-20)21-11-5-2-6-12-21/h1-17H,18H2,(H,29,30). The van der Waals surface area contributed by atoms with E-state index in [-0.39, 0.29) is 10.2 Å². The monoisotopic (exact) mass is 472 g/mol. The molecule has 0 spiro atoms. The van der Waals surface area contributed by atoms with Gasteiger partial charge in [0.05, 0.1) is 4.91 Å². The van der Waals surface area contributed by atoms with Gasteiger partial charge in [-0.05, 0) is 48.0 Å². The summed E-state index contributed by atoms with van der Waals surface area (Å²) in [4.78, 5) is 26.9. The summed E-state index contributed by atoms with van der Waals surface area (Å²) >= 11 is 6.22. The molecular weight excluding hydrogens is 452 g/mol. The molecule has 3 aromatic carbocycles. The minimum absolute atomic E-state index is 0.258. The Morgan fingerprint density at radius 3 is 2.00 bits per heavy atom. The Morgan fingerprint density at radius 1 is 0.909 bits per heavy atom. The fraction of sp³-hybridized carbons (Fsp3) is 0.0385. The SMILES string of the molecule is O=C(O)CN1C(=O)C(=CC=Cc2ccc(N(c3ccccc3)c3ccccc3)cc2)SC1=S. The summed E-state index contributed by atoms with van der Waals surface area (Å²) in [6.45, 7) is -0.424. The molecule has 0 aliphatic carbocycles. The summed E-state index contributed by atoms with van der Waals surface area (Å²) in [5.41, 5.74) is 4.13. The third-order valence-electron chi connectivity index (χ3n) is 4.88. The summed E-state index contributed by atoms with van der Waals surface area (Å²) in [7, 11) is 0. The van der Waals surface area contributed by atoms with Gasteiger partial charge in [-0.15, -0.1) is 0 Å². The van der Waals surface area contributed by atoms with E-state index in [9.17, 15) is 9.59 Å². The second-order valence-electron chi connectivity index (χ2n) is 7.14. The van der Waals surface area contributed by atoms with Gasteiger partial charge in [0.15, 0.2) is 0 Å². The number of thiocarbonyl (C=S) groups is 1. The van der Waals surface area contributed by atoms with Crippen LogP contribution in [0.5, 0.6) is 0 Å². The van der Waals surface area contributed by atoms with Crippen LogP contribution in [0.1, 0.15) is 5.56 Å². The number of nitrogens with zero attached hydrogens (tertiary/aromatic N) is 2. The van der Waals surface area contributed by atoms with Crippen LogP contribution in [0.3, 0.4) is 0 Å². The Balaban J connectivity index is 1.52. The number of anilines is 3. The van der Waals surface area contributed by atoms with Crippen LogP contribution in [0.4, 0.5) is 17.1 Å². The topological polar surface area (TPSA) is 60.9 Å². The molecule has 7 heteroatoms. The van der Waals surface area contributed by atoms with E-state index in [1.54, 1.807) is 12.2 Å². The number of benzene rings is 3. The van der Waals surface area contributed by atoms with E-state index in [1.165, 1.54) is 0 Å². The van der Waals surface area contributed by atoms with Gasteiger partial charge in [0.2, 0.25) is 0 Å². The van der Waals surface area contributed by atoms with Crippen molar-refractivity contribution in [2.45, 2.75) is 0 Å². The van der Waals surface area contributed by atoms with Crippen molar-refractivity contribution in [3.8, 4) is 0 Å². The average Bonchev–Trinajstić information content (AvgIpc) is 3.09. The predicted octanol–water partition coefficient (Wildman–Crippen LogP) is 6.00. The summed E-state index contributed by atoms with van der Waals surface area (Å²) in [5, 5.41) is 8.93. The van der Waals surface area contributed by atoms with Crippen LogP contribution in [0.15, 0.2) is 102 Å². The van der Waals surface area contributed by atoms with Crippen molar-refractivity contribution >= 4 is 63.3 Å². The van der Waals surface area contributed by atoms with E-state index in [2.05, 4.69) is 29.2 Å². The van der Waals surface area contributed by atoms with Crippen LogP contribution < -0.4 is 4.90 Å². The van der Waals surface area contributed by atoms with E-state index < -0.39 is 12.5 Å². The first-order valence-corrected chi connectivity index (χ1v) is 11.4. The number of aliphatic carboxylic acids is 1. The quantitative estimate of drug-likeness (QED) is 0.336. The molecule has 33 heavy (non-hydrogen) atoms. The minimum Gasteiger partial charge on any atom is -0.480 e. The Labute approximate surface area is 201 Å². The number of carbonyl (C=O) groups excluding carboxylic acids is 1. The van der Waals surface area contributed by atoms with Gasteiger partial charge in [-0.1, -0.05) is 84.7 Å². The molecule has 0 saturated carbocycles. The molecule has 0 unspecified atom stereocenters. The van der Waals surface area contributed by atoms with E-state index >= 15 is 0 Å². The summed E-state index contributed by atoms with van der Waals surface area (Å²) < 4.78 is 0.258. The maximum Gasteiger partial charge on any atom is 0.323 e. The van der Waals surface area contributed by atoms with Crippen LogP contribution in [0, 0.1) is 0 Å². The Morgan fingerprint density at radius 2 is 1.45 bits per heavy atom. The molecule has 1 heterocycles. The lowest BCUT2D eigenvalue weighted by Crippen LogP contribution is -2.33. The summed E-state index contributed by atoms with van der Waals surface area (Å²) in [6.07, 6.45) is 5.33. The molecule has 0 bridgehead atoms.